The monoisotopic (exact) mass is 374 g/mol. The van der Waals surface area contributed by atoms with Crippen LogP contribution < -0.4 is 9.96 Å². The number of furan rings is 1. The molecule has 0 spiro atoms. The summed E-state index contributed by atoms with van der Waals surface area (Å²) in [6.45, 7) is 1.96. The van der Waals surface area contributed by atoms with Gasteiger partial charge in [-0.05, 0) is 42.8 Å². The Hall–Kier alpha value is -3.38. The molecular formula is C22H18N2O4. The Morgan fingerprint density at radius 2 is 1.61 bits per heavy atom. The number of hydrogen-bond donors (Lipinski definition) is 0. The first-order valence-corrected chi connectivity index (χ1v) is 9.15. The third-order valence-electron chi connectivity index (χ3n) is 5.32. The third-order valence-corrected chi connectivity index (χ3v) is 5.32. The number of imide groups is 1. The number of para-hydroxylation sites is 2. The van der Waals surface area contributed by atoms with Gasteiger partial charge in [0.05, 0.1) is 17.6 Å². The van der Waals surface area contributed by atoms with Gasteiger partial charge in [-0.1, -0.05) is 36.4 Å². The summed E-state index contributed by atoms with van der Waals surface area (Å²) in [6, 6.07) is 19.7. The average Bonchev–Trinajstić information content (AvgIpc) is 3.41. The fraction of sp³-hybridized carbons (Fsp3) is 0.182. The van der Waals surface area contributed by atoms with Crippen molar-refractivity contribution in [2.45, 2.75) is 19.1 Å². The molecule has 3 aromatic rings. The van der Waals surface area contributed by atoms with E-state index in [9.17, 15) is 9.59 Å². The zero-order chi connectivity index (χ0) is 19.3. The second-order valence-corrected chi connectivity index (χ2v) is 6.97. The molecule has 3 atom stereocenters. The number of carbonyl (C=O) groups is 2. The summed E-state index contributed by atoms with van der Waals surface area (Å²) in [4.78, 5) is 33.7. The molecule has 0 N–H and O–H groups in total. The van der Waals surface area contributed by atoms with Crippen molar-refractivity contribution < 1.29 is 18.8 Å². The maximum atomic E-state index is 13.3. The Balaban J connectivity index is 1.59. The number of fused-ring (bicyclic) bond motifs is 1. The van der Waals surface area contributed by atoms with Gasteiger partial charge in [-0.3, -0.25) is 14.4 Å². The van der Waals surface area contributed by atoms with Crippen molar-refractivity contribution in [3.8, 4) is 0 Å². The van der Waals surface area contributed by atoms with Gasteiger partial charge in [0.1, 0.15) is 17.7 Å². The predicted molar refractivity (Wildman–Crippen MR) is 102 cm³/mol. The molecule has 2 fully saturated rings. The minimum atomic E-state index is -0.887. The van der Waals surface area contributed by atoms with E-state index in [-0.39, 0.29) is 11.8 Å². The van der Waals surface area contributed by atoms with E-state index in [1.54, 1.807) is 41.7 Å². The molecule has 2 aliphatic rings. The summed E-state index contributed by atoms with van der Waals surface area (Å²) in [7, 11) is 0. The molecule has 0 aliphatic carbocycles. The van der Waals surface area contributed by atoms with Gasteiger partial charge in [0, 0.05) is 0 Å². The van der Waals surface area contributed by atoms with E-state index in [1.165, 1.54) is 4.90 Å². The van der Waals surface area contributed by atoms with E-state index in [0.29, 0.717) is 11.4 Å². The van der Waals surface area contributed by atoms with Crippen LogP contribution in [0.4, 0.5) is 11.4 Å². The molecule has 2 aromatic carbocycles. The van der Waals surface area contributed by atoms with Crippen LogP contribution in [0.3, 0.4) is 0 Å². The number of anilines is 2. The number of amides is 2. The first-order chi connectivity index (χ1) is 13.7. The smallest absolute Gasteiger partial charge is 0.266 e. The fourth-order valence-corrected chi connectivity index (χ4v) is 4.01. The van der Waals surface area contributed by atoms with E-state index in [1.807, 2.05) is 43.3 Å². The van der Waals surface area contributed by atoms with Gasteiger partial charge in [0.25, 0.3) is 5.91 Å². The standard InChI is InChI=1S/C22H18N2O4/c1-14-8-5-6-11-16(14)24-19(17-12-7-13-27-17)18-20(28-24)22(26)23(21(18)25)15-9-3-2-4-10-15/h2-13,18-20H,1H3/t18-,19-,20+/m0/s1. The predicted octanol–water partition coefficient (Wildman–Crippen LogP) is 3.64. The highest BCUT2D eigenvalue weighted by molar-refractivity contribution is 6.23. The van der Waals surface area contributed by atoms with Gasteiger partial charge in [-0.15, -0.1) is 0 Å². The molecule has 0 bridgehead atoms. The van der Waals surface area contributed by atoms with Gasteiger partial charge >= 0.3 is 0 Å². The van der Waals surface area contributed by atoms with Crippen molar-refractivity contribution in [3.63, 3.8) is 0 Å². The Morgan fingerprint density at radius 1 is 0.857 bits per heavy atom. The zero-order valence-electron chi connectivity index (χ0n) is 15.2. The van der Waals surface area contributed by atoms with Crippen molar-refractivity contribution in [2.75, 3.05) is 9.96 Å². The van der Waals surface area contributed by atoms with Crippen LogP contribution >= 0.6 is 0 Å². The van der Waals surface area contributed by atoms with Crippen molar-refractivity contribution >= 4 is 23.2 Å². The molecule has 5 rings (SSSR count). The molecular weight excluding hydrogens is 356 g/mol. The summed E-state index contributed by atoms with van der Waals surface area (Å²) in [6.07, 6.45) is 0.678. The molecule has 0 unspecified atom stereocenters. The van der Waals surface area contributed by atoms with Crippen LogP contribution in [0.1, 0.15) is 17.4 Å². The zero-order valence-corrected chi connectivity index (χ0v) is 15.2. The van der Waals surface area contributed by atoms with Crippen molar-refractivity contribution in [1.82, 2.24) is 0 Å². The Morgan fingerprint density at radius 3 is 2.32 bits per heavy atom. The van der Waals surface area contributed by atoms with E-state index >= 15 is 0 Å². The Labute approximate surface area is 161 Å². The summed E-state index contributed by atoms with van der Waals surface area (Å²) >= 11 is 0. The van der Waals surface area contributed by atoms with Gasteiger partial charge in [-0.25, -0.2) is 9.96 Å². The first kappa shape index (κ1) is 16.8. The van der Waals surface area contributed by atoms with Crippen LogP contribution in [-0.2, 0) is 14.4 Å². The number of hydrogen-bond acceptors (Lipinski definition) is 5. The van der Waals surface area contributed by atoms with Gasteiger partial charge < -0.3 is 4.42 Å². The Kier molecular flexibility index (Phi) is 3.80. The van der Waals surface area contributed by atoms with E-state index in [0.717, 1.165) is 11.3 Å². The summed E-state index contributed by atoms with van der Waals surface area (Å²) < 4.78 is 5.64. The summed E-state index contributed by atoms with van der Waals surface area (Å²) in [5, 5.41) is 1.65. The number of rotatable bonds is 3. The topological polar surface area (TPSA) is 63.0 Å². The maximum absolute atomic E-state index is 13.3. The minimum absolute atomic E-state index is 0.279. The van der Waals surface area contributed by atoms with Crippen LogP contribution in [0.25, 0.3) is 0 Å². The van der Waals surface area contributed by atoms with Gasteiger partial charge in [0.15, 0.2) is 6.10 Å². The van der Waals surface area contributed by atoms with E-state index in [4.69, 9.17) is 9.25 Å². The van der Waals surface area contributed by atoms with Crippen LogP contribution in [0.5, 0.6) is 0 Å². The number of nitrogens with zero attached hydrogens (tertiary/aromatic N) is 2. The second kappa shape index (κ2) is 6.35. The lowest BCUT2D eigenvalue weighted by Gasteiger charge is -2.28. The third kappa shape index (κ3) is 2.38. The second-order valence-electron chi connectivity index (χ2n) is 6.97. The molecule has 6 nitrogen and oxygen atoms in total. The maximum Gasteiger partial charge on any atom is 0.266 e. The molecule has 28 heavy (non-hydrogen) atoms. The quantitative estimate of drug-likeness (QED) is 0.655. The van der Waals surface area contributed by atoms with Crippen molar-refractivity contribution in [2.24, 2.45) is 5.92 Å². The van der Waals surface area contributed by atoms with E-state index in [2.05, 4.69) is 0 Å². The number of hydroxylamine groups is 1. The lowest BCUT2D eigenvalue weighted by atomic mass is 9.94. The van der Waals surface area contributed by atoms with Gasteiger partial charge in [0.2, 0.25) is 5.91 Å². The molecule has 6 heteroatoms. The van der Waals surface area contributed by atoms with Crippen LogP contribution in [0.2, 0.25) is 0 Å². The molecule has 140 valence electrons. The number of benzene rings is 2. The molecule has 0 saturated carbocycles. The molecule has 1 aromatic heterocycles. The minimum Gasteiger partial charge on any atom is -0.467 e. The van der Waals surface area contributed by atoms with Crippen molar-refractivity contribution in [3.05, 3.63) is 84.3 Å². The van der Waals surface area contributed by atoms with E-state index < -0.39 is 18.1 Å². The Bertz CT molecular complexity index is 1030. The highest BCUT2D eigenvalue weighted by atomic mass is 16.7. The summed E-state index contributed by atoms with van der Waals surface area (Å²) in [5.41, 5.74) is 2.35. The highest BCUT2D eigenvalue weighted by Gasteiger charge is 2.61. The first-order valence-electron chi connectivity index (χ1n) is 9.15. The lowest BCUT2D eigenvalue weighted by Crippen LogP contribution is -2.37. The molecule has 3 heterocycles. The van der Waals surface area contributed by atoms with Crippen LogP contribution in [-0.4, -0.2) is 17.9 Å². The lowest BCUT2D eigenvalue weighted by molar-refractivity contribution is -0.126. The summed E-state index contributed by atoms with van der Waals surface area (Å²) in [5.74, 6) is -0.724. The average molecular weight is 374 g/mol. The SMILES string of the molecule is Cc1ccccc1N1O[C@H]2C(=O)N(c3ccccc3)C(=O)[C@H]2[C@@H]1c1ccco1. The van der Waals surface area contributed by atoms with Crippen LogP contribution in [0, 0.1) is 12.8 Å². The molecule has 2 aliphatic heterocycles. The van der Waals surface area contributed by atoms with Crippen molar-refractivity contribution in [1.29, 1.82) is 0 Å². The highest BCUT2D eigenvalue weighted by Crippen LogP contribution is 2.48. The molecule has 2 saturated heterocycles. The largest absolute Gasteiger partial charge is 0.467 e. The number of carbonyl (C=O) groups excluding carboxylic acids is 2. The molecule has 2 amide bonds. The fourth-order valence-electron chi connectivity index (χ4n) is 4.01. The normalized spacial score (nSPS) is 24.1. The number of aryl methyl sites for hydroxylation is 1. The van der Waals surface area contributed by atoms with Gasteiger partial charge in [-0.2, -0.15) is 0 Å². The van der Waals surface area contributed by atoms with Crippen LogP contribution in [0.15, 0.2) is 77.4 Å². The molecule has 0 radical (unpaired) electrons.